The molecule has 0 saturated carbocycles. The first-order valence-electron chi connectivity index (χ1n) is 8.05. The highest BCUT2D eigenvalue weighted by Gasteiger charge is 2.25. The number of carbonyl (C=O) groups is 1. The van der Waals surface area contributed by atoms with Gasteiger partial charge in [-0.2, -0.15) is 0 Å². The third-order valence-corrected chi connectivity index (χ3v) is 3.86. The van der Waals surface area contributed by atoms with Crippen LogP contribution in [0.4, 0.5) is 0 Å². The number of benzene rings is 2. The molecule has 0 aliphatic rings. The van der Waals surface area contributed by atoms with Crippen molar-refractivity contribution in [3.63, 3.8) is 0 Å². The lowest BCUT2D eigenvalue weighted by Gasteiger charge is -2.31. The van der Waals surface area contributed by atoms with Gasteiger partial charge < -0.3 is 15.8 Å². The maximum atomic E-state index is 12.2. The molecule has 0 spiro atoms. The van der Waals surface area contributed by atoms with Crippen LogP contribution in [0, 0.1) is 5.92 Å². The van der Waals surface area contributed by atoms with Crippen molar-refractivity contribution < 1.29 is 9.53 Å². The van der Waals surface area contributed by atoms with Crippen molar-refractivity contribution in [3.8, 4) is 5.75 Å². The predicted octanol–water partition coefficient (Wildman–Crippen LogP) is 3.10. The minimum atomic E-state index is -0.395. The Morgan fingerprint density at radius 1 is 1.22 bits per heavy atom. The minimum absolute atomic E-state index is 0.0122. The maximum Gasteiger partial charge on any atom is 0.258 e. The first kappa shape index (κ1) is 17.3. The lowest BCUT2D eigenvalue weighted by molar-refractivity contribution is -0.124. The molecule has 0 radical (unpaired) electrons. The Kier molecular flexibility index (Phi) is 5.61. The standard InChI is InChI=1S/C19H26N2O2/c1-14(2)11-19(3,13-20)21-18(22)12-23-17-10-6-8-15-7-4-5-9-16(15)17/h4-10,14H,11-13,20H2,1-3H3,(H,21,22). The number of carbonyl (C=O) groups excluding carboxylic acids is 1. The monoisotopic (exact) mass is 314 g/mol. The number of hydrogen-bond donors (Lipinski definition) is 2. The van der Waals surface area contributed by atoms with E-state index in [2.05, 4.69) is 19.2 Å². The molecule has 0 aromatic heterocycles. The van der Waals surface area contributed by atoms with Gasteiger partial charge in [0.25, 0.3) is 5.91 Å². The van der Waals surface area contributed by atoms with Gasteiger partial charge in [0.15, 0.2) is 6.61 Å². The lowest BCUT2D eigenvalue weighted by atomic mass is 9.91. The summed E-state index contributed by atoms with van der Waals surface area (Å²) in [6.07, 6.45) is 0.837. The molecule has 0 fully saturated rings. The second kappa shape index (κ2) is 7.47. The smallest absolute Gasteiger partial charge is 0.258 e. The SMILES string of the molecule is CC(C)CC(C)(CN)NC(=O)COc1cccc2ccccc12. The van der Waals surface area contributed by atoms with Gasteiger partial charge in [0.1, 0.15) is 5.75 Å². The molecule has 0 aliphatic carbocycles. The van der Waals surface area contributed by atoms with Crippen LogP contribution in [0.25, 0.3) is 10.8 Å². The zero-order chi connectivity index (χ0) is 16.9. The highest BCUT2D eigenvalue weighted by atomic mass is 16.5. The van der Waals surface area contributed by atoms with E-state index >= 15 is 0 Å². The van der Waals surface area contributed by atoms with Gasteiger partial charge in [-0.3, -0.25) is 4.79 Å². The van der Waals surface area contributed by atoms with Crippen molar-refractivity contribution in [2.75, 3.05) is 13.2 Å². The Labute approximate surface area is 138 Å². The van der Waals surface area contributed by atoms with Crippen LogP contribution in [0.2, 0.25) is 0 Å². The summed E-state index contributed by atoms with van der Waals surface area (Å²) in [6, 6.07) is 13.8. The predicted molar refractivity (Wildman–Crippen MR) is 94.5 cm³/mol. The molecule has 3 N–H and O–H groups in total. The zero-order valence-electron chi connectivity index (χ0n) is 14.1. The maximum absolute atomic E-state index is 12.2. The van der Waals surface area contributed by atoms with E-state index in [0.717, 1.165) is 22.9 Å². The number of hydrogen-bond acceptors (Lipinski definition) is 3. The van der Waals surface area contributed by atoms with Crippen LogP contribution in [0.1, 0.15) is 27.2 Å². The van der Waals surface area contributed by atoms with Crippen LogP contribution < -0.4 is 15.8 Å². The molecule has 4 heteroatoms. The van der Waals surface area contributed by atoms with E-state index in [1.165, 1.54) is 0 Å². The molecule has 0 heterocycles. The number of fused-ring (bicyclic) bond motifs is 1. The third-order valence-electron chi connectivity index (χ3n) is 3.86. The molecular formula is C19H26N2O2. The second-order valence-corrected chi connectivity index (χ2v) is 6.68. The van der Waals surface area contributed by atoms with E-state index in [1.54, 1.807) is 0 Å². The first-order valence-corrected chi connectivity index (χ1v) is 8.05. The van der Waals surface area contributed by atoms with Gasteiger partial charge in [-0.15, -0.1) is 0 Å². The average Bonchev–Trinajstić information content (AvgIpc) is 2.52. The van der Waals surface area contributed by atoms with Crippen molar-refractivity contribution >= 4 is 16.7 Å². The van der Waals surface area contributed by atoms with Crippen molar-refractivity contribution in [1.82, 2.24) is 5.32 Å². The Hall–Kier alpha value is -2.07. The highest BCUT2D eigenvalue weighted by Crippen LogP contribution is 2.25. The molecule has 2 aromatic carbocycles. The van der Waals surface area contributed by atoms with Gasteiger partial charge in [-0.25, -0.2) is 0 Å². The number of amides is 1. The summed E-state index contributed by atoms with van der Waals surface area (Å²) in [6.45, 7) is 6.61. The zero-order valence-corrected chi connectivity index (χ0v) is 14.1. The normalized spacial score (nSPS) is 13.8. The second-order valence-electron chi connectivity index (χ2n) is 6.68. The highest BCUT2D eigenvalue weighted by molar-refractivity contribution is 5.88. The van der Waals surface area contributed by atoms with Crippen molar-refractivity contribution in [3.05, 3.63) is 42.5 Å². The van der Waals surface area contributed by atoms with Crippen LogP contribution in [0.5, 0.6) is 5.75 Å². The van der Waals surface area contributed by atoms with Crippen molar-refractivity contribution in [2.24, 2.45) is 11.7 Å². The molecule has 1 atom stereocenters. The number of ether oxygens (including phenoxy) is 1. The molecule has 0 bridgehead atoms. The van der Waals surface area contributed by atoms with E-state index in [9.17, 15) is 4.79 Å². The minimum Gasteiger partial charge on any atom is -0.483 e. The molecule has 124 valence electrons. The summed E-state index contributed by atoms with van der Waals surface area (Å²) in [4.78, 5) is 12.2. The van der Waals surface area contributed by atoms with Gasteiger partial charge in [0, 0.05) is 17.5 Å². The summed E-state index contributed by atoms with van der Waals surface area (Å²) < 4.78 is 5.72. The van der Waals surface area contributed by atoms with E-state index in [-0.39, 0.29) is 12.5 Å². The van der Waals surface area contributed by atoms with Gasteiger partial charge in [0.2, 0.25) is 0 Å². The molecule has 0 aliphatic heterocycles. The quantitative estimate of drug-likeness (QED) is 0.825. The van der Waals surface area contributed by atoms with Crippen LogP contribution in [-0.4, -0.2) is 24.6 Å². The molecular weight excluding hydrogens is 288 g/mol. The van der Waals surface area contributed by atoms with E-state index < -0.39 is 5.54 Å². The Bertz CT molecular complexity index is 664. The molecule has 0 saturated heterocycles. The molecule has 2 rings (SSSR count). The van der Waals surface area contributed by atoms with Gasteiger partial charge in [-0.1, -0.05) is 50.2 Å². The van der Waals surface area contributed by atoms with Crippen molar-refractivity contribution in [1.29, 1.82) is 0 Å². The summed E-state index contributed by atoms with van der Waals surface area (Å²) in [5.41, 5.74) is 5.43. The van der Waals surface area contributed by atoms with Gasteiger partial charge in [0.05, 0.1) is 0 Å². The van der Waals surface area contributed by atoms with Crippen molar-refractivity contribution in [2.45, 2.75) is 32.7 Å². The fourth-order valence-electron chi connectivity index (χ4n) is 2.92. The Morgan fingerprint density at radius 2 is 1.91 bits per heavy atom. The van der Waals surface area contributed by atoms with E-state index in [0.29, 0.717) is 12.5 Å². The van der Waals surface area contributed by atoms with Gasteiger partial charge in [-0.05, 0) is 30.7 Å². The fourth-order valence-corrected chi connectivity index (χ4v) is 2.92. The van der Waals surface area contributed by atoms with E-state index in [4.69, 9.17) is 10.5 Å². The molecule has 1 unspecified atom stereocenters. The molecule has 1 amide bonds. The summed E-state index contributed by atoms with van der Waals surface area (Å²) >= 11 is 0. The number of nitrogens with two attached hydrogens (primary N) is 1. The molecule has 2 aromatic rings. The van der Waals surface area contributed by atoms with E-state index in [1.807, 2.05) is 49.4 Å². The average molecular weight is 314 g/mol. The largest absolute Gasteiger partial charge is 0.483 e. The van der Waals surface area contributed by atoms with Crippen LogP contribution >= 0.6 is 0 Å². The fraction of sp³-hybridized carbons (Fsp3) is 0.421. The topological polar surface area (TPSA) is 64.3 Å². The summed E-state index contributed by atoms with van der Waals surface area (Å²) in [5, 5.41) is 5.10. The van der Waals surface area contributed by atoms with Gasteiger partial charge >= 0.3 is 0 Å². The first-order chi connectivity index (χ1) is 10.9. The van der Waals surface area contributed by atoms with Crippen LogP contribution in [0.15, 0.2) is 42.5 Å². The molecule has 4 nitrogen and oxygen atoms in total. The lowest BCUT2D eigenvalue weighted by Crippen LogP contribution is -2.53. The summed E-state index contributed by atoms with van der Waals surface area (Å²) in [7, 11) is 0. The summed E-state index contributed by atoms with van der Waals surface area (Å²) in [5.74, 6) is 1.03. The number of nitrogens with one attached hydrogen (secondary N) is 1. The Balaban J connectivity index is 2.01. The Morgan fingerprint density at radius 3 is 2.61 bits per heavy atom. The number of rotatable bonds is 7. The third kappa shape index (κ3) is 4.70. The molecule has 23 heavy (non-hydrogen) atoms. The van der Waals surface area contributed by atoms with Crippen LogP contribution in [-0.2, 0) is 4.79 Å². The van der Waals surface area contributed by atoms with Crippen LogP contribution in [0.3, 0.4) is 0 Å².